The van der Waals surface area contributed by atoms with Crippen molar-refractivity contribution < 1.29 is 9.72 Å². The van der Waals surface area contributed by atoms with Crippen LogP contribution < -0.4 is 11.3 Å². The van der Waals surface area contributed by atoms with Gasteiger partial charge in [0.1, 0.15) is 11.3 Å². The molecule has 0 bridgehead atoms. The maximum atomic E-state index is 12.5. The summed E-state index contributed by atoms with van der Waals surface area (Å²) in [6, 6.07) is 4.53. The van der Waals surface area contributed by atoms with E-state index >= 15 is 0 Å². The fourth-order valence-electron chi connectivity index (χ4n) is 2.17. The van der Waals surface area contributed by atoms with Gasteiger partial charge in [0.2, 0.25) is 0 Å². The van der Waals surface area contributed by atoms with Crippen LogP contribution in [0.5, 0.6) is 0 Å². The van der Waals surface area contributed by atoms with Gasteiger partial charge in [-0.15, -0.1) is 0 Å². The third-order valence-corrected chi connectivity index (χ3v) is 3.45. The van der Waals surface area contributed by atoms with Crippen molar-refractivity contribution in [3.8, 4) is 0 Å². The first-order valence-corrected chi connectivity index (χ1v) is 6.61. The number of benzene rings is 1. The first-order valence-electron chi connectivity index (χ1n) is 6.61. The largest absolute Gasteiger partial charge is 0.338 e. The SMILES string of the molecule is CCN(CC1CC1)C(=O)c1cccc(NN)c1[N+](=O)[O-]. The Labute approximate surface area is 116 Å². The monoisotopic (exact) mass is 278 g/mol. The van der Waals surface area contributed by atoms with E-state index < -0.39 is 4.92 Å². The van der Waals surface area contributed by atoms with Gasteiger partial charge in [-0.1, -0.05) is 6.07 Å². The molecule has 1 saturated carbocycles. The number of nitro benzene ring substituents is 1. The molecule has 0 radical (unpaired) electrons. The number of nitrogen functional groups attached to an aromatic ring is 1. The fraction of sp³-hybridized carbons (Fsp3) is 0.462. The summed E-state index contributed by atoms with van der Waals surface area (Å²) in [5.41, 5.74) is 2.22. The highest BCUT2D eigenvalue weighted by atomic mass is 16.6. The number of nitrogens with zero attached hydrogens (tertiary/aromatic N) is 2. The second kappa shape index (κ2) is 5.87. The minimum atomic E-state index is -0.576. The molecular formula is C13H18N4O3. The topological polar surface area (TPSA) is 102 Å². The second-order valence-electron chi connectivity index (χ2n) is 4.89. The highest BCUT2D eigenvalue weighted by Crippen LogP contribution is 2.32. The lowest BCUT2D eigenvalue weighted by atomic mass is 10.1. The molecule has 0 unspecified atom stereocenters. The van der Waals surface area contributed by atoms with E-state index in [0.29, 0.717) is 19.0 Å². The zero-order valence-corrected chi connectivity index (χ0v) is 11.3. The molecule has 0 heterocycles. The van der Waals surface area contributed by atoms with Crippen molar-refractivity contribution in [1.82, 2.24) is 4.90 Å². The van der Waals surface area contributed by atoms with E-state index in [2.05, 4.69) is 5.43 Å². The van der Waals surface area contributed by atoms with Crippen molar-refractivity contribution in [3.05, 3.63) is 33.9 Å². The molecule has 7 heteroatoms. The summed E-state index contributed by atoms with van der Waals surface area (Å²) < 4.78 is 0. The molecule has 7 nitrogen and oxygen atoms in total. The van der Waals surface area contributed by atoms with Crippen LogP contribution in [0.3, 0.4) is 0 Å². The summed E-state index contributed by atoms with van der Waals surface area (Å²) in [6.07, 6.45) is 2.24. The molecule has 0 spiro atoms. The smallest absolute Gasteiger partial charge is 0.306 e. The summed E-state index contributed by atoms with van der Waals surface area (Å²) >= 11 is 0. The highest BCUT2D eigenvalue weighted by molar-refractivity contribution is 6.00. The molecule has 0 saturated heterocycles. The number of para-hydroxylation sites is 1. The van der Waals surface area contributed by atoms with E-state index in [4.69, 9.17) is 5.84 Å². The molecule has 1 aliphatic carbocycles. The molecule has 0 atom stereocenters. The van der Waals surface area contributed by atoms with E-state index in [1.807, 2.05) is 6.92 Å². The number of anilines is 1. The number of nitro groups is 1. The first-order chi connectivity index (χ1) is 9.58. The van der Waals surface area contributed by atoms with Crippen LogP contribution in [0.2, 0.25) is 0 Å². The Bertz CT molecular complexity index is 528. The summed E-state index contributed by atoms with van der Waals surface area (Å²) in [5, 5.41) is 11.2. The Kier molecular flexibility index (Phi) is 4.19. The van der Waals surface area contributed by atoms with E-state index in [-0.39, 0.29) is 22.8 Å². The summed E-state index contributed by atoms with van der Waals surface area (Å²) in [4.78, 5) is 24.8. The van der Waals surface area contributed by atoms with Crippen molar-refractivity contribution in [2.45, 2.75) is 19.8 Å². The molecule has 3 N–H and O–H groups in total. The van der Waals surface area contributed by atoms with Crippen molar-refractivity contribution in [2.24, 2.45) is 11.8 Å². The van der Waals surface area contributed by atoms with Crippen LogP contribution >= 0.6 is 0 Å². The number of hydrogen-bond acceptors (Lipinski definition) is 5. The van der Waals surface area contributed by atoms with Gasteiger partial charge in [-0.25, -0.2) is 0 Å². The predicted octanol–water partition coefficient (Wildman–Crippen LogP) is 1.75. The molecule has 0 aliphatic heterocycles. The number of nitrogens with one attached hydrogen (secondary N) is 1. The van der Waals surface area contributed by atoms with E-state index in [9.17, 15) is 14.9 Å². The quantitative estimate of drug-likeness (QED) is 0.469. The molecule has 1 aliphatic rings. The number of hydrogen-bond donors (Lipinski definition) is 2. The van der Waals surface area contributed by atoms with Gasteiger partial charge in [0.25, 0.3) is 5.91 Å². The third kappa shape index (κ3) is 2.88. The number of nitrogens with two attached hydrogens (primary N) is 1. The molecule has 1 amide bonds. The van der Waals surface area contributed by atoms with Crippen LogP contribution in [0.4, 0.5) is 11.4 Å². The van der Waals surface area contributed by atoms with Gasteiger partial charge in [-0.05, 0) is 37.8 Å². The Morgan fingerprint density at radius 3 is 2.75 bits per heavy atom. The van der Waals surface area contributed by atoms with E-state index in [1.165, 1.54) is 12.1 Å². The lowest BCUT2D eigenvalue weighted by Crippen LogP contribution is -2.33. The number of carbonyl (C=O) groups is 1. The average Bonchev–Trinajstić information content (AvgIpc) is 3.26. The summed E-state index contributed by atoms with van der Waals surface area (Å²) in [6.45, 7) is 3.07. The molecule has 1 aromatic carbocycles. The molecule has 108 valence electrons. The van der Waals surface area contributed by atoms with Crippen LogP contribution in [-0.2, 0) is 0 Å². The van der Waals surface area contributed by atoms with Crippen LogP contribution in [-0.4, -0.2) is 28.8 Å². The number of carbonyl (C=O) groups excluding carboxylic acids is 1. The zero-order chi connectivity index (χ0) is 14.7. The lowest BCUT2D eigenvalue weighted by Gasteiger charge is -2.21. The van der Waals surface area contributed by atoms with Crippen molar-refractivity contribution >= 4 is 17.3 Å². The van der Waals surface area contributed by atoms with Gasteiger partial charge < -0.3 is 10.3 Å². The van der Waals surface area contributed by atoms with E-state index in [0.717, 1.165) is 12.8 Å². The van der Waals surface area contributed by atoms with Gasteiger partial charge in [0.05, 0.1) is 4.92 Å². The molecule has 2 rings (SSSR count). The second-order valence-corrected chi connectivity index (χ2v) is 4.89. The van der Waals surface area contributed by atoms with E-state index in [1.54, 1.807) is 11.0 Å². The Morgan fingerprint density at radius 1 is 1.55 bits per heavy atom. The van der Waals surface area contributed by atoms with Gasteiger partial charge in [-0.3, -0.25) is 20.8 Å². The predicted molar refractivity (Wildman–Crippen MR) is 75.2 cm³/mol. The lowest BCUT2D eigenvalue weighted by molar-refractivity contribution is -0.384. The van der Waals surface area contributed by atoms with Crippen LogP contribution in [0, 0.1) is 16.0 Å². The summed E-state index contributed by atoms with van der Waals surface area (Å²) in [5.74, 6) is 5.50. The molecule has 20 heavy (non-hydrogen) atoms. The van der Waals surface area contributed by atoms with Crippen LogP contribution in [0.25, 0.3) is 0 Å². The van der Waals surface area contributed by atoms with Gasteiger partial charge in [0, 0.05) is 13.1 Å². The number of rotatable bonds is 6. The van der Waals surface area contributed by atoms with Crippen LogP contribution in [0.1, 0.15) is 30.1 Å². The summed E-state index contributed by atoms with van der Waals surface area (Å²) in [7, 11) is 0. The minimum Gasteiger partial charge on any atom is -0.338 e. The third-order valence-electron chi connectivity index (χ3n) is 3.45. The fourth-order valence-corrected chi connectivity index (χ4v) is 2.17. The van der Waals surface area contributed by atoms with Crippen molar-refractivity contribution in [3.63, 3.8) is 0 Å². The average molecular weight is 278 g/mol. The van der Waals surface area contributed by atoms with Crippen LogP contribution in [0.15, 0.2) is 18.2 Å². The zero-order valence-electron chi connectivity index (χ0n) is 11.3. The molecular weight excluding hydrogens is 260 g/mol. The molecule has 1 fully saturated rings. The molecule has 0 aromatic heterocycles. The maximum absolute atomic E-state index is 12.5. The maximum Gasteiger partial charge on any atom is 0.306 e. The molecule has 1 aromatic rings. The minimum absolute atomic E-state index is 0.0768. The Balaban J connectivity index is 2.34. The van der Waals surface area contributed by atoms with Gasteiger partial charge in [-0.2, -0.15) is 0 Å². The Morgan fingerprint density at radius 2 is 2.25 bits per heavy atom. The van der Waals surface area contributed by atoms with Gasteiger partial charge >= 0.3 is 5.69 Å². The Hall–Kier alpha value is -2.15. The standard InChI is InChI=1S/C13H18N4O3/c1-2-16(8-9-6-7-9)13(18)10-4-3-5-11(15-14)12(10)17(19)20/h3-5,9,15H,2,6-8,14H2,1H3. The van der Waals surface area contributed by atoms with Crippen molar-refractivity contribution in [1.29, 1.82) is 0 Å². The number of amides is 1. The van der Waals surface area contributed by atoms with Gasteiger partial charge in [0.15, 0.2) is 0 Å². The first kappa shape index (κ1) is 14.3. The van der Waals surface area contributed by atoms with Crippen molar-refractivity contribution in [2.75, 3.05) is 18.5 Å². The normalized spacial score (nSPS) is 13.9. The highest BCUT2D eigenvalue weighted by Gasteiger charge is 2.30. The number of hydrazine groups is 1.